The van der Waals surface area contributed by atoms with Gasteiger partial charge in [0.1, 0.15) is 5.82 Å². The van der Waals surface area contributed by atoms with Gasteiger partial charge in [0, 0.05) is 23.7 Å². The Kier molecular flexibility index (Phi) is 4.89. The molecule has 7 heteroatoms. The summed E-state index contributed by atoms with van der Waals surface area (Å²) in [6.45, 7) is 0. The maximum absolute atomic E-state index is 14.0. The van der Waals surface area contributed by atoms with Gasteiger partial charge in [0.25, 0.3) is 5.91 Å². The third kappa shape index (κ3) is 3.38. The molecule has 3 aromatic rings. The molecule has 6 nitrogen and oxygen atoms in total. The number of imidazole rings is 1. The summed E-state index contributed by atoms with van der Waals surface area (Å²) in [5, 5.41) is 3.00. The summed E-state index contributed by atoms with van der Waals surface area (Å²) in [5.74, 6) is -0.366. The monoisotopic (exact) mass is 377 g/mol. The Morgan fingerprint density at radius 1 is 1.29 bits per heavy atom. The van der Waals surface area contributed by atoms with E-state index >= 15 is 0 Å². The van der Waals surface area contributed by atoms with E-state index in [2.05, 4.69) is 15.3 Å². The minimum Gasteiger partial charge on any atom is -0.404 e. The average Bonchev–Trinajstić information content (AvgIpc) is 3.14. The number of hydrogen-bond acceptors (Lipinski definition) is 4. The number of rotatable bonds is 3. The fraction of sp³-hybridized carbons (Fsp3) is 0.190. The summed E-state index contributed by atoms with van der Waals surface area (Å²) in [6, 6.07) is 11.7. The molecule has 1 fully saturated rings. The van der Waals surface area contributed by atoms with Gasteiger partial charge < -0.3 is 11.1 Å². The van der Waals surface area contributed by atoms with E-state index in [0.29, 0.717) is 23.5 Å². The first-order valence-corrected chi connectivity index (χ1v) is 9.14. The summed E-state index contributed by atoms with van der Waals surface area (Å²) >= 11 is 0. The van der Waals surface area contributed by atoms with E-state index in [0.717, 1.165) is 18.4 Å². The molecule has 0 bridgehead atoms. The van der Waals surface area contributed by atoms with Crippen LogP contribution in [0.25, 0.3) is 5.52 Å². The molecule has 0 aliphatic heterocycles. The Bertz CT molecular complexity index is 1090. The van der Waals surface area contributed by atoms with E-state index in [1.54, 1.807) is 35.0 Å². The van der Waals surface area contributed by atoms with Crippen molar-refractivity contribution in [2.45, 2.75) is 25.3 Å². The number of carbonyl (C=O) groups excluding carboxylic acids is 1. The number of nitrogens with one attached hydrogen (secondary N) is 1. The number of halogens is 1. The number of hydrogen-bond donors (Lipinski definition) is 2. The zero-order chi connectivity index (χ0) is 19.5. The number of nitrogens with zero attached hydrogens (tertiary/aromatic N) is 3. The standard InChI is InChI=1S/C21H20FN5O/c22-16-7-1-2-8-19(16)25-17-9-5-10-18(15(17)12-23)26-21(28)20-24-13-14-6-3-4-11-27(14)20/h1-4,6-8,11-13,18H,5,9-10,23H2,(H,26,28). The molecular weight excluding hydrogens is 357 g/mol. The highest BCUT2D eigenvalue weighted by molar-refractivity contribution is 6.04. The van der Waals surface area contributed by atoms with Crippen LogP contribution in [-0.2, 0) is 0 Å². The van der Waals surface area contributed by atoms with Gasteiger partial charge in [-0.15, -0.1) is 0 Å². The molecule has 1 amide bonds. The SMILES string of the molecule is NC=C1C(=Nc2ccccc2F)CCCC1NC(=O)c1ncc2ccccn12. The molecule has 0 radical (unpaired) electrons. The smallest absolute Gasteiger partial charge is 0.288 e. The van der Waals surface area contributed by atoms with Crippen molar-refractivity contribution in [2.24, 2.45) is 10.7 Å². The molecule has 0 saturated heterocycles. The van der Waals surface area contributed by atoms with Crippen molar-refractivity contribution in [3.8, 4) is 0 Å². The van der Waals surface area contributed by atoms with Crippen LogP contribution in [0, 0.1) is 5.82 Å². The topological polar surface area (TPSA) is 84.8 Å². The molecule has 1 unspecified atom stereocenters. The number of fused-ring (bicyclic) bond motifs is 1. The largest absolute Gasteiger partial charge is 0.404 e. The highest BCUT2D eigenvalue weighted by atomic mass is 19.1. The molecule has 1 saturated carbocycles. The number of para-hydroxylation sites is 1. The Morgan fingerprint density at radius 3 is 2.93 bits per heavy atom. The van der Waals surface area contributed by atoms with E-state index in [4.69, 9.17) is 5.73 Å². The van der Waals surface area contributed by atoms with Gasteiger partial charge in [-0.25, -0.2) is 14.4 Å². The van der Waals surface area contributed by atoms with Crippen LogP contribution in [0.3, 0.4) is 0 Å². The summed E-state index contributed by atoms with van der Waals surface area (Å²) in [5.41, 5.74) is 8.36. The van der Waals surface area contributed by atoms with E-state index in [-0.39, 0.29) is 23.5 Å². The van der Waals surface area contributed by atoms with E-state index in [1.165, 1.54) is 12.3 Å². The average molecular weight is 377 g/mol. The van der Waals surface area contributed by atoms with Crippen LogP contribution in [0.4, 0.5) is 10.1 Å². The number of amides is 1. The normalized spacial score (nSPS) is 20.0. The molecule has 1 aliphatic rings. The van der Waals surface area contributed by atoms with Gasteiger partial charge in [-0.1, -0.05) is 18.2 Å². The van der Waals surface area contributed by atoms with Crippen LogP contribution >= 0.6 is 0 Å². The van der Waals surface area contributed by atoms with Crippen molar-refractivity contribution >= 4 is 22.8 Å². The van der Waals surface area contributed by atoms with Crippen molar-refractivity contribution in [3.63, 3.8) is 0 Å². The Morgan fingerprint density at radius 2 is 2.11 bits per heavy atom. The maximum Gasteiger partial charge on any atom is 0.288 e. The zero-order valence-corrected chi connectivity index (χ0v) is 15.2. The Labute approximate surface area is 161 Å². The van der Waals surface area contributed by atoms with Gasteiger partial charge in [-0.3, -0.25) is 9.20 Å². The third-order valence-electron chi connectivity index (χ3n) is 4.85. The fourth-order valence-corrected chi connectivity index (χ4v) is 3.48. The quantitative estimate of drug-likeness (QED) is 0.734. The summed E-state index contributed by atoms with van der Waals surface area (Å²) in [6.07, 6.45) is 7.12. The second-order valence-electron chi connectivity index (χ2n) is 6.63. The Balaban J connectivity index is 1.59. The van der Waals surface area contributed by atoms with Crippen molar-refractivity contribution in [1.29, 1.82) is 0 Å². The van der Waals surface area contributed by atoms with Crippen molar-refractivity contribution < 1.29 is 9.18 Å². The zero-order valence-electron chi connectivity index (χ0n) is 15.2. The maximum atomic E-state index is 14.0. The first kappa shape index (κ1) is 17.9. The number of nitrogens with two attached hydrogens (primary N) is 1. The number of aromatic nitrogens is 2. The lowest BCUT2D eigenvalue weighted by atomic mass is 9.88. The van der Waals surface area contributed by atoms with Gasteiger partial charge in [-0.05, 0) is 43.5 Å². The highest BCUT2D eigenvalue weighted by Gasteiger charge is 2.27. The van der Waals surface area contributed by atoms with Gasteiger partial charge >= 0.3 is 0 Å². The van der Waals surface area contributed by atoms with Crippen LogP contribution in [0.5, 0.6) is 0 Å². The molecule has 142 valence electrons. The van der Waals surface area contributed by atoms with E-state index < -0.39 is 0 Å². The lowest BCUT2D eigenvalue weighted by Gasteiger charge is -2.27. The Hall–Kier alpha value is -3.48. The lowest BCUT2D eigenvalue weighted by Crippen LogP contribution is -2.41. The number of aliphatic imine (C=N–C) groups is 1. The van der Waals surface area contributed by atoms with E-state index in [1.807, 2.05) is 18.2 Å². The molecule has 1 atom stereocenters. The minimum absolute atomic E-state index is 0.267. The first-order valence-electron chi connectivity index (χ1n) is 9.14. The van der Waals surface area contributed by atoms with Gasteiger partial charge in [-0.2, -0.15) is 0 Å². The first-order chi connectivity index (χ1) is 13.7. The van der Waals surface area contributed by atoms with Crippen LogP contribution in [0.2, 0.25) is 0 Å². The molecule has 1 aliphatic carbocycles. The van der Waals surface area contributed by atoms with Gasteiger partial charge in [0.2, 0.25) is 5.82 Å². The van der Waals surface area contributed by atoms with Crippen molar-refractivity contribution in [1.82, 2.24) is 14.7 Å². The van der Waals surface area contributed by atoms with Crippen molar-refractivity contribution in [3.05, 3.63) is 78.3 Å². The van der Waals surface area contributed by atoms with Crippen LogP contribution in [0.1, 0.15) is 29.9 Å². The highest BCUT2D eigenvalue weighted by Crippen LogP contribution is 2.26. The molecule has 0 spiro atoms. The number of pyridine rings is 1. The molecule has 4 rings (SSSR count). The van der Waals surface area contributed by atoms with Gasteiger partial charge in [0.05, 0.1) is 23.4 Å². The lowest BCUT2D eigenvalue weighted by molar-refractivity contribution is 0.0930. The second kappa shape index (κ2) is 7.64. The third-order valence-corrected chi connectivity index (χ3v) is 4.85. The van der Waals surface area contributed by atoms with E-state index in [9.17, 15) is 9.18 Å². The second-order valence-corrected chi connectivity index (χ2v) is 6.63. The predicted octanol–water partition coefficient (Wildman–Crippen LogP) is 3.37. The molecule has 1 aromatic carbocycles. The molecule has 3 N–H and O–H groups in total. The minimum atomic E-state index is -0.388. The van der Waals surface area contributed by atoms with Gasteiger partial charge in [0.15, 0.2) is 0 Å². The predicted molar refractivity (Wildman–Crippen MR) is 106 cm³/mol. The number of carbonyl (C=O) groups is 1. The molecule has 28 heavy (non-hydrogen) atoms. The van der Waals surface area contributed by atoms with Crippen LogP contribution < -0.4 is 11.1 Å². The van der Waals surface area contributed by atoms with Crippen molar-refractivity contribution in [2.75, 3.05) is 0 Å². The number of benzene rings is 1. The fourth-order valence-electron chi connectivity index (χ4n) is 3.48. The molecule has 2 aromatic heterocycles. The molecular formula is C21H20FN5O. The summed E-state index contributed by atoms with van der Waals surface area (Å²) < 4.78 is 15.7. The van der Waals surface area contributed by atoms with Crippen LogP contribution in [0.15, 0.2) is 71.6 Å². The summed E-state index contributed by atoms with van der Waals surface area (Å²) in [4.78, 5) is 21.5. The molecule has 2 heterocycles. The summed E-state index contributed by atoms with van der Waals surface area (Å²) in [7, 11) is 0. The van der Waals surface area contributed by atoms with Crippen LogP contribution in [-0.4, -0.2) is 27.0 Å².